The summed E-state index contributed by atoms with van der Waals surface area (Å²) in [7, 11) is 3.30. The topological polar surface area (TPSA) is 79.9 Å². The number of likely N-dealkylation sites (N-methyl/N-ethyl adjacent to an activating group) is 1. The number of likely N-dealkylation sites (tertiary alicyclic amines) is 1. The van der Waals surface area contributed by atoms with E-state index >= 15 is 0 Å². The molecule has 1 atom stereocenters. The molecule has 0 saturated carbocycles. The molecule has 0 aromatic heterocycles. The molecule has 156 valence electrons. The smallest absolute Gasteiger partial charge is 0.251 e. The van der Waals surface area contributed by atoms with Crippen molar-refractivity contribution in [3.63, 3.8) is 0 Å². The number of methoxy groups -OCH3 is 2. The van der Waals surface area contributed by atoms with Gasteiger partial charge in [0.25, 0.3) is 5.91 Å². The van der Waals surface area contributed by atoms with E-state index in [1.807, 2.05) is 19.1 Å². The average molecular weight is 392 g/mol. The van der Waals surface area contributed by atoms with Crippen molar-refractivity contribution in [3.8, 4) is 5.75 Å². The molecule has 1 aromatic rings. The van der Waals surface area contributed by atoms with Crippen LogP contribution in [0.3, 0.4) is 0 Å². The summed E-state index contributed by atoms with van der Waals surface area (Å²) >= 11 is 0. The van der Waals surface area contributed by atoms with Crippen molar-refractivity contribution in [2.75, 3.05) is 53.6 Å². The summed E-state index contributed by atoms with van der Waals surface area (Å²) in [6.45, 7) is 6.06. The lowest BCUT2D eigenvalue weighted by atomic mass is 9.96. The average Bonchev–Trinajstić information content (AvgIpc) is 3.11. The molecule has 7 nitrogen and oxygen atoms in total. The molecular weight excluding hydrogens is 358 g/mol. The monoisotopic (exact) mass is 391 g/mol. The minimum absolute atomic E-state index is 0.0767. The first-order valence-corrected chi connectivity index (χ1v) is 10.0. The van der Waals surface area contributed by atoms with Gasteiger partial charge in [0, 0.05) is 38.9 Å². The Hall–Kier alpha value is -2.12. The van der Waals surface area contributed by atoms with E-state index in [2.05, 4.69) is 15.5 Å². The molecule has 0 spiro atoms. The Morgan fingerprint density at radius 3 is 2.79 bits per heavy atom. The number of hydrogen-bond donors (Lipinski definition) is 2. The first kappa shape index (κ1) is 22.2. The van der Waals surface area contributed by atoms with E-state index in [0.717, 1.165) is 43.7 Å². The SMILES string of the molecule is CCNC(=O)CN1CCC(Cc2cc(C(=O)NCCCOC)ccc2OC)C1. The number of rotatable bonds is 11. The lowest BCUT2D eigenvalue weighted by Gasteiger charge is -2.17. The summed E-state index contributed by atoms with van der Waals surface area (Å²) in [4.78, 5) is 26.4. The molecule has 1 unspecified atom stereocenters. The highest BCUT2D eigenvalue weighted by Gasteiger charge is 2.25. The van der Waals surface area contributed by atoms with E-state index < -0.39 is 0 Å². The molecule has 0 aliphatic carbocycles. The fourth-order valence-corrected chi connectivity index (χ4v) is 3.59. The maximum absolute atomic E-state index is 12.4. The Morgan fingerprint density at radius 2 is 2.07 bits per heavy atom. The molecule has 2 N–H and O–H groups in total. The van der Waals surface area contributed by atoms with E-state index in [1.54, 1.807) is 20.3 Å². The van der Waals surface area contributed by atoms with Crippen LogP contribution in [-0.4, -0.2) is 70.3 Å². The van der Waals surface area contributed by atoms with E-state index in [9.17, 15) is 9.59 Å². The van der Waals surface area contributed by atoms with Crippen LogP contribution in [-0.2, 0) is 16.0 Å². The molecule has 1 aromatic carbocycles. The highest BCUT2D eigenvalue weighted by molar-refractivity contribution is 5.94. The van der Waals surface area contributed by atoms with Gasteiger partial charge in [0.15, 0.2) is 0 Å². The Morgan fingerprint density at radius 1 is 1.25 bits per heavy atom. The van der Waals surface area contributed by atoms with Crippen LogP contribution in [0.1, 0.15) is 35.7 Å². The summed E-state index contributed by atoms with van der Waals surface area (Å²) in [5.74, 6) is 1.25. The second-order valence-electron chi connectivity index (χ2n) is 7.18. The van der Waals surface area contributed by atoms with Gasteiger partial charge in [-0.3, -0.25) is 14.5 Å². The molecular formula is C21H33N3O4. The van der Waals surface area contributed by atoms with Gasteiger partial charge in [-0.1, -0.05) is 0 Å². The first-order valence-electron chi connectivity index (χ1n) is 10.0. The minimum Gasteiger partial charge on any atom is -0.496 e. The van der Waals surface area contributed by atoms with Crippen LogP contribution < -0.4 is 15.4 Å². The fraction of sp³-hybridized carbons (Fsp3) is 0.619. The highest BCUT2D eigenvalue weighted by Crippen LogP contribution is 2.27. The first-order chi connectivity index (χ1) is 13.6. The third-order valence-corrected chi connectivity index (χ3v) is 4.97. The van der Waals surface area contributed by atoms with Gasteiger partial charge in [-0.05, 0) is 62.4 Å². The second kappa shape index (κ2) is 11.7. The molecule has 28 heavy (non-hydrogen) atoms. The summed E-state index contributed by atoms with van der Waals surface area (Å²) in [5, 5.41) is 5.77. The summed E-state index contributed by atoms with van der Waals surface area (Å²) in [5.41, 5.74) is 1.68. The van der Waals surface area contributed by atoms with Gasteiger partial charge in [-0.15, -0.1) is 0 Å². The van der Waals surface area contributed by atoms with Crippen molar-refractivity contribution in [3.05, 3.63) is 29.3 Å². The molecule has 1 fully saturated rings. The molecule has 1 aliphatic rings. The zero-order chi connectivity index (χ0) is 20.4. The Bertz CT molecular complexity index is 651. The lowest BCUT2D eigenvalue weighted by molar-refractivity contribution is -0.121. The van der Waals surface area contributed by atoms with Gasteiger partial charge in [-0.25, -0.2) is 0 Å². The molecule has 0 bridgehead atoms. The zero-order valence-corrected chi connectivity index (χ0v) is 17.3. The Labute approximate surface area is 167 Å². The molecule has 0 radical (unpaired) electrons. The number of carbonyl (C=O) groups excluding carboxylic acids is 2. The van der Waals surface area contributed by atoms with Crippen molar-refractivity contribution < 1.29 is 19.1 Å². The Balaban J connectivity index is 1.94. The van der Waals surface area contributed by atoms with E-state index in [0.29, 0.717) is 37.7 Å². The predicted molar refractivity (Wildman–Crippen MR) is 109 cm³/mol. The van der Waals surface area contributed by atoms with E-state index in [1.165, 1.54) is 0 Å². The summed E-state index contributed by atoms with van der Waals surface area (Å²) in [6, 6.07) is 5.59. The van der Waals surface area contributed by atoms with Gasteiger partial charge in [0.1, 0.15) is 5.75 Å². The number of amides is 2. The van der Waals surface area contributed by atoms with Gasteiger partial charge in [-0.2, -0.15) is 0 Å². The van der Waals surface area contributed by atoms with Gasteiger partial charge >= 0.3 is 0 Å². The van der Waals surface area contributed by atoms with Crippen LogP contribution >= 0.6 is 0 Å². The van der Waals surface area contributed by atoms with E-state index in [4.69, 9.17) is 9.47 Å². The van der Waals surface area contributed by atoms with Crippen molar-refractivity contribution in [2.24, 2.45) is 5.92 Å². The fourth-order valence-electron chi connectivity index (χ4n) is 3.59. The summed E-state index contributed by atoms with van der Waals surface area (Å²) in [6.07, 6.45) is 2.66. The molecule has 1 aliphatic heterocycles. The number of nitrogens with one attached hydrogen (secondary N) is 2. The number of hydrogen-bond acceptors (Lipinski definition) is 5. The Kier molecular flexibility index (Phi) is 9.23. The second-order valence-corrected chi connectivity index (χ2v) is 7.18. The van der Waals surface area contributed by atoms with Crippen molar-refractivity contribution in [1.29, 1.82) is 0 Å². The molecule has 2 amide bonds. The third kappa shape index (κ3) is 6.80. The number of nitrogens with zero attached hydrogens (tertiary/aromatic N) is 1. The van der Waals surface area contributed by atoms with Crippen LogP contribution in [0.5, 0.6) is 5.75 Å². The van der Waals surface area contributed by atoms with Gasteiger partial charge < -0.3 is 20.1 Å². The van der Waals surface area contributed by atoms with Crippen LogP contribution in [0.4, 0.5) is 0 Å². The molecule has 7 heteroatoms. The van der Waals surface area contributed by atoms with E-state index in [-0.39, 0.29) is 11.8 Å². The number of benzene rings is 1. The van der Waals surface area contributed by atoms with Gasteiger partial charge in [0.2, 0.25) is 5.91 Å². The quantitative estimate of drug-likeness (QED) is 0.559. The maximum Gasteiger partial charge on any atom is 0.251 e. The van der Waals surface area contributed by atoms with Crippen molar-refractivity contribution >= 4 is 11.8 Å². The highest BCUT2D eigenvalue weighted by atomic mass is 16.5. The third-order valence-electron chi connectivity index (χ3n) is 4.97. The largest absolute Gasteiger partial charge is 0.496 e. The molecule has 1 saturated heterocycles. The van der Waals surface area contributed by atoms with Crippen molar-refractivity contribution in [1.82, 2.24) is 15.5 Å². The van der Waals surface area contributed by atoms with Crippen LogP contribution in [0.25, 0.3) is 0 Å². The van der Waals surface area contributed by atoms with Crippen LogP contribution in [0, 0.1) is 5.92 Å². The van der Waals surface area contributed by atoms with Crippen LogP contribution in [0.15, 0.2) is 18.2 Å². The molecule has 2 rings (SSSR count). The normalized spacial score (nSPS) is 16.8. The maximum atomic E-state index is 12.4. The summed E-state index contributed by atoms with van der Waals surface area (Å²) < 4.78 is 10.5. The predicted octanol–water partition coefficient (Wildman–Crippen LogP) is 1.46. The number of carbonyl (C=O) groups is 2. The standard InChI is InChI=1S/C21H33N3O4/c1-4-22-20(25)15-24-10-8-16(14-24)12-18-13-17(6-7-19(18)28-3)21(26)23-9-5-11-27-2/h6-7,13,16H,4-5,8-12,14-15H2,1-3H3,(H,22,25)(H,23,26). The van der Waals surface area contributed by atoms with Crippen molar-refractivity contribution in [2.45, 2.75) is 26.2 Å². The minimum atomic E-state index is -0.0794. The van der Waals surface area contributed by atoms with Gasteiger partial charge in [0.05, 0.1) is 13.7 Å². The van der Waals surface area contributed by atoms with Crippen LogP contribution in [0.2, 0.25) is 0 Å². The lowest BCUT2D eigenvalue weighted by Crippen LogP contribution is -2.36. The zero-order valence-electron chi connectivity index (χ0n) is 17.3. The number of ether oxygens (including phenoxy) is 2. The molecule has 1 heterocycles.